The van der Waals surface area contributed by atoms with Crippen molar-refractivity contribution >= 4 is 21.9 Å². The van der Waals surface area contributed by atoms with Crippen molar-refractivity contribution in [3.05, 3.63) is 69.7 Å². The lowest BCUT2D eigenvalue weighted by Gasteiger charge is -2.20. The van der Waals surface area contributed by atoms with Gasteiger partial charge >= 0.3 is 5.97 Å². The van der Waals surface area contributed by atoms with Gasteiger partial charge in [0.15, 0.2) is 0 Å². The first kappa shape index (κ1) is 17.7. The highest BCUT2D eigenvalue weighted by molar-refractivity contribution is 9.10. The van der Waals surface area contributed by atoms with Crippen molar-refractivity contribution < 1.29 is 9.53 Å². The average molecular weight is 376 g/mol. The van der Waals surface area contributed by atoms with Gasteiger partial charge in [-0.2, -0.15) is 0 Å². The van der Waals surface area contributed by atoms with Crippen LogP contribution < -0.4 is 0 Å². The number of rotatable bonds is 7. The molecule has 0 aliphatic rings. The van der Waals surface area contributed by atoms with Crippen LogP contribution in [0.25, 0.3) is 0 Å². The summed E-state index contributed by atoms with van der Waals surface area (Å²) in [4.78, 5) is 14.5. The minimum atomic E-state index is -0.296. The van der Waals surface area contributed by atoms with Crippen LogP contribution in [0.2, 0.25) is 0 Å². The van der Waals surface area contributed by atoms with Crippen molar-refractivity contribution in [3.8, 4) is 0 Å². The van der Waals surface area contributed by atoms with Crippen LogP contribution in [0.4, 0.5) is 0 Å². The number of hydrogen-bond acceptors (Lipinski definition) is 3. The van der Waals surface area contributed by atoms with Crippen LogP contribution in [-0.2, 0) is 17.9 Å². The Kier molecular flexibility index (Phi) is 6.81. The number of carbonyl (C=O) groups is 1. The summed E-state index contributed by atoms with van der Waals surface area (Å²) in [6, 6.07) is 15.3. The van der Waals surface area contributed by atoms with E-state index in [0.29, 0.717) is 12.2 Å². The maximum Gasteiger partial charge on any atom is 0.338 e. The molecule has 0 aromatic heterocycles. The van der Waals surface area contributed by atoms with Crippen LogP contribution in [0.1, 0.15) is 35.3 Å². The molecule has 4 heteroatoms. The van der Waals surface area contributed by atoms with Crippen molar-refractivity contribution in [3.63, 3.8) is 0 Å². The van der Waals surface area contributed by atoms with Crippen LogP contribution in [0, 0.1) is 0 Å². The molecule has 0 saturated carbocycles. The monoisotopic (exact) mass is 375 g/mol. The van der Waals surface area contributed by atoms with Gasteiger partial charge in [-0.05, 0) is 48.5 Å². The molecule has 0 N–H and O–H groups in total. The molecule has 0 bridgehead atoms. The summed E-state index contributed by atoms with van der Waals surface area (Å²) in [7, 11) is 0. The van der Waals surface area contributed by atoms with Gasteiger partial charge in [-0.15, -0.1) is 0 Å². The minimum Gasteiger partial charge on any atom is -0.457 e. The number of hydrogen-bond donors (Lipinski definition) is 0. The second-order valence-corrected chi connectivity index (χ2v) is 6.23. The molecular formula is C19H22BrNO2. The fraction of sp³-hybridized carbons (Fsp3) is 0.316. The zero-order chi connectivity index (χ0) is 16.7. The van der Waals surface area contributed by atoms with Crippen LogP contribution in [0.15, 0.2) is 53.0 Å². The quantitative estimate of drug-likeness (QED) is 0.659. The van der Waals surface area contributed by atoms with E-state index in [2.05, 4.69) is 40.7 Å². The van der Waals surface area contributed by atoms with Gasteiger partial charge in [0, 0.05) is 11.0 Å². The highest BCUT2D eigenvalue weighted by atomic mass is 79.9. The predicted molar refractivity (Wildman–Crippen MR) is 96.3 cm³/mol. The Morgan fingerprint density at radius 3 is 2.22 bits per heavy atom. The topological polar surface area (TPSA) is 29.5 Å². The Labute approximate surface area is 146 Å². The molecule has 0 atom stereocenters. The number of benzene rings is 2. The lowest BCUT2D eigenvalue weighted by atomic mass is 10.1. The Balaban J connectivity index is 2.02. The number of esters is 1. The van der Waals surface area contributed by atoms with Crippen LogP contribution >= 0.6 is 15.9 Å². The molecule has 2 aromatic carbocycles. The second kappa shape index (κ2) is 8.85. The summed E-state index contributed by atoms with van der Waals surface area (Å²) >= 11 is 3.36. The zero-order valence-corrected chi connectivity index (χ0v) is 15.2. The van der Waals surface area contributed by atoms with Crippen LogP contribution in [0.3, 0.4) is 0 Å². The van der Waals surface area contributed by atoms with E-state index in [4.69, 9.17) is 4.74 Å². The molecule has 0 radical (unpaired) electrons. The molecule has 0 amide bonds. The zero-order valence-electron chi connectivity index (χ0n) is 13.6. The molecule has 0 saturated heterocycles. The Hall–Kier alpha value is -1.65. The first-order chi connectivity index (χ1) is 11.1. The van der Waals surface area contributed by atoms with Crippen LogP contribution in [0.5, 0.6) is 0 Å². The highest BCUT2D eigenvalue weighted by Gasteiger charge is 2.10. The van der Waals surface area contributed by atoms with Crippen molar-refractivity contribution in [1.82, 2.24) is 4.90 Å². The summed E-state index contributed by atoms with van der Waals surface area (Å²) in [5.74, 6) is -0.296. The molecule has 3 nitrogen and oxygen atoms in total. The molecule has 2 aromatic rings. The van der Waals surface area contributed by atoms with Crippen molar-refractivity contribution in [1.29, 1.82) is 0 Å². The lowest BCUT2D eigenvalue weighted by Crippen LogP contribution is -2.23. The van der Waals surface area contributed by atoms with Gasteiger partial charge in [0.2, 0.25) is 0 Å². The van der Waals surface area contributed by atoms with Crippen molar-refractivity contribution in [2.45, 2.75) is 27.0 Å². The molecular weight excluding hydrogens is 354 g/mol. The summed E-state index contributed by atoms with van der Waals surface area (Å²) < 4.78 is 6.41. The van der Waals surface area contributed by atoms with Crippen molar-refractivity contribution in [2.75, 3.05) is 13.1 Å². The minimum absolute atomic E-state index is 0.296. The smallest absolute Gasteiger partial charge is 0.338 e. The largest absolute Gasteiger partial charge is 0.457 e. The van der Waals surface area contributed by atoms with Gasteiger partial charge < -0.3 is 4.74 Å². The third kappa shape index (κ3) is 5.19. The summed E-state index contributed by atoms with van der Waals surface area (Å²) in [5, 5.41) is 0. The van der Waals surface area contributed by atoms with E-state index in [-0.39, 0.29) is 5.97 Å². The highest BCUT2D eigenvalue weighted by Crippen LogP contribution is 2.15. The summed E-state index contributed by atoms with van der Waals surface area (Å²) in [6.07, 6.45) is 0. The molecule has 0 fully saturated rings. The number of nitrogens with zero attached hydrogens (tertiary/aromatic N) is 1. The third-order valence-corrected chi connectivity index (χ3v) is 4.37. The number of carbonyl (C=O) groups excluding carboxylic acids is 1. The number of halogens is 1. The Bertz CT molecular complexity index is 636. The Morgan fingerprint density at radius 2 is 1.61 bits per heavy atom. The van der Waals surface area contributed by atoms with E-state index >= 15 is 0 Å². The van der Waals surface area contributed by atoms with Gasteiger partial charge in [-0.3, -0.25) is 4.90 Å². The maximum atomic E-state index is 12.1. The molecule has 0 unspecified atom stereocenters. The molecule has 0 aliphatic heterocycles. The average Bonchev–Trinajstić information content (AvgIpc) is 2.59. The van der Waals surface area contributed by atoms with Gasteiger partial charge in [0.05, 0.1) is 5.56 Å². The fourth-order valence-electron chi connectivity index (χ4n) is 2.35. The summed E-state index contributed by atoms with van der Waals surface area (Å²) in [6.45, 7) is 7.48. The van der Waals surface area contributed by atoms with E-state index in [1.807, 2.05) is 30.3 Å². The van der Waals surface area contributed by atoms with E-state index in [1.165, 1.54) is 5.56 Å². The first-order valence-electron chi connectivity index (χ1n) is 7.85. The molecule has 0 heterocycles. The first-order valence-corrected chi connectivity index (χ1v) is 8.65. The molecule has 23 heavy (non-hydrogen) atoms. The van der Waals surface area contributed by atoms with Gasteiger partial charge in [0.1, 0.15) is 6.61 Å². The van der Waals surface area contributed by atoms with E-state index in [0.717, 1.165) is 29.7 Å². The predicted octanol–water partition coefficient (Wildman–Crippen LogP) is 4.65. The van der Waals surface area contributed by atoms with Crippen LogP contribution in [-0.4, -0.2) is 24.0 Å². The van der Waals surface area contributed by atoms with Gasteiger partial charge in [0.25, 0.3) is 0 Å². The second-order valence-electron chi connectivity index (χ2n) is 5.31. The molecule has 0 aliphatic carbocycles. The van der Waals surface area contributed by atoms with Gasteiger partial charge in [-0.1, -0.05) is 54.0 Å². The lowest BCUT2D eigenvalue weighted by molar-refractivity contribution is 0.0471. The SMILES string of the molecule is CCN(CC)Cc1ccccc1COC(=O)c1ccc(Br)cc1. The summed E-state index contributed by atoms with van der Waals surface area (Å²) in [5.41, 5.74) is 2.83. The van der Waals surface area contributed by atoms with E-state index < -0.39 is 0 Å². The molecule has 0 spiro atoms. The van der Waals surface area contributed by atoms with Gasteiger partial charge in [-0.25, -0.2) is 4.79 Å². The normalized spacial score (nSPS) is 10.8. The Morgan fingerprint density at radius 1 is 1.00 bits per heavy atom. The molecule has 122 valence electrons. The standard InChI is InChI=1S/C19H22BrNO2/c1-3-21(4-2)13-16-7-5-6-8-17(16)14-23-19(22)15-9-11-18(20)12-10-15/h5-12H,3-4,13-14H2,1-2H3. The third-order valence-electron chi connectivity index (χ3n) is 3.85. The maximum absolute atomic E-state index is 12.1. The van der Waals surface area contributed by atoms with E-state index in [9.17, 15) is 4.79 Å². The molecule has 2 rings (SSSR count). The fourth-order valence-corrected chi connectivity index (χ4v) is 2.62. The van der Waals surface area contributed by atoms with Crippen molar-refractivity contribution in [2.24, 2.45) is 0 Å². The van der Waals surface area contributed by atoms with E-state index in [1.54, 1.807) is 12.1 Å². The number of ether oxygens (including phenoxy) is 1.